The van der Waals surface area contributed by atoms with E-state index in [9.17, 15) is 24.0 Å². The van der Waals surface area contributed by atoms with E-state index in [0.29, 0.717) is 25.4 Å². The molecule has 0 bridgehead atoms. The number of hydrogen-bond acceptors (Lipinski definition) is 7. The van der Waals surface area contributed by atoms with Crippen LogP contribution in [0.25, 0.3) is 11.3 Å². The van der Waals surface area contributed by atoms with Crippen molar-refractivity contribution in [2.24, 2.45) is 0 Å². The molecule has 2 N–H and O–H groups in total. The van der Waals surface area contributed by atoms with E-state index >= 15 is 0 Å². The number of benzene rings is 1. The van der Waals surface area contributed by atoms with Gasteiger partial charge in [-0.15, -0.1) is 0 Å². The summed E-state index contributed by atoms with van der Waals surface area (Å²) in [5, 5.41) is 2.72. The summed E-state index contributed by atoms with van der Waals surface area (Å²) in [6.07, 6.45) is 3.52. The van der Waals surface area contributed by atoms with E-state index in [2.05, 4.69) is 17.2 Å². The predicted molar refractivity (Wildman–Crippen MR) is 162 cm³/mol. The van der Waals surface area contributed by atoms with E-state index in [1.54, 1.807) is 30.6 Å². The number of nitrogens with one attached hydrogen (secondary N) is 2. The molecule has 0 radical (unpaired) electrons. The maximum absolute atomic E-state index is 13.6. The molecule has 43 heavy (non-hydrogen) atoms. The van der Waals surface area contributed by atoms with E-state index < -0.39 is 29.6 Å². The number of H-pyrrole nitrogens is 1. The number of piperazine rings is 1. The molecular formula is C32H44N4O7. The number of ether oxygens (including phenoxy) is 2. The van der Waals surface area contributed by atoms with Gasteiger partial charge in [0.1, 0.15) is 17.3 Å². The first-order valence-corrected chi connectivity index (χ1v) is 15.0. The number of aromatic nitrogens is 1. The standard InChI is InChI=1S/C32H44N4O7/c1-5-6-7-11-20-42-31(41)36-18-16-35(17-19-36)30(40)25(14-15-28(38)43-32(2,3)4)34-29(39)27-22-24(37)21-26(33-27)23-12-9-8-10-13-23/h8-10,12-13,21-22,25H,5-7,11,14-20H2,1-4H3,(H,33,37)(H,34,39)/t25-/m0/s1. The van der Waals surface area contributed by atoms with Crippen LogP contribution in [-0.2, 0) is 19.1 Å². The average Bonchev–Trinajstić information content (AvgIpc) is 2.98. The lowest BCUT2D eigenvalue weighted by Crippen LogP contribution is -2.56. The molecule has 0 aliphatic carbocycles. The molecule has 3 amide bonds. The Labute approximate surface area is 252 Å². The number of amides is 3. The van der Waals surface area contributed by atoms with E-state index in [1.165, 1.54) is 12.1 Å². The second kappa shape index (κ2) is 15.9. The zero-order valence-electron chi connectivity index (χ0n) is 25.6. The van der Waals surface area contributed by atoms with Crippen LogP contribution in [0.4, 0.5) is 4.79 Å². The Morgan fingerprint density at radius 2 is 1.63 bits per heavy atom. The van der Waals surface area contributed by atoms with Crippen molar-refractivity contribution in [3.63, 3.8) is 0 Å². The number of pyridine rings is 1. The van der Waals surface area contributed by atoms with Gasteiger partial charge in [-0.2, -0.15) is 0 Å². The molecule has 1 aromatic heterocycles. The Morgan fingerprint density at radius 1 is 0.953 bits per heavy atom. The summed E-state index contributed by atoms with van der Waals surface area (Å²) >= 11 is 0. The minimum Gasteiger partial charge on any atom is -0.460 e. The fourth-order valence-corrected chi connectivity index (χ4v) is 4.70. The third-order valence-electron chi connectivity index (χ3n) is 6.91. The summed E-state index contributed by atoms with van der Waals surface area (Å²) in [5.41, 5.74) is 0.117. The minimum atomic E-state index is -1.05. The maximum Gasteiger partial charge on any atom is 0.409 e. The van der Waals surface area contributed by atoms with Gasteiger partial charge in [-0.05, 0) is 39.2 Å². The number of carbonyl (C=O) groups is 4. The second-order valence-electron chi connectivity index (χ2n) is 11.6. The van der Waals surface area contributed by atoms with Gasteiger partial charge in [0.2, 0.25) is 5.91 Å². The van der Waals surface area contributed by atoms with Crippen molar-refractivity contribution in [3.05, 3.63) is 58.4 Å². The first-order chi connectivity index (χ1) is 20.5. The van der Waals surface area contributed by atoms with Crippen LogP contribution in [0.1, 0.15) is 76.7 Å². The van der Waals surface area contributed by atoms with Crippen molar-refractivity contribution in [3.8, 4) is 11.3 Å². The monoisotopic (exact) mass is 596 g/mol. The van der Waals surface area contributed by atoms with Gasteiger partial charge in [0.05, 0.1) is 6.61 Å². The molecule has 2 heterocycles. The van der Waals surface area contributed by atoms with Crippen molar-refractivity contribution in [2.45, 2.75) is 77.9 Å². The number of hydrogen-bond donors (Lipinski definition) is 2. The summed E-state index contributed by atoms with van der Waals surface area (Å²) in [7, 11) is 0. The van der Waals surface area contributed by atoms with Crippen LogP contribution in [0.15, 0.2) is 47.3 Å². The maximum atomic E-state index is 13.6. The number of aromatic amines is 1. The lowest BCUT2D eigenvalue weighted by Gasteiger charge is -2.36. The fourth-order valence-electron chi connectivity index (χ4n) is 4.70. The first kappa shape index (κ1) is 33.4. The molecule has 2 aromatic rings. The van der Waals surface area contributed by atoms with E-state index in [-0.39, 0.29) is 43.0 Å². The van der Waals surface area contributed by atoms with E-state index in [1.807, 2.05) is 30.3 Å². The Bertz CT molecular complexity index is 1290. The van der Waals surface area contributed by atoms with Crippen molar-refractivity contribution < 1.29 is 28.7 Å². The molecule has 3 rings (SSSR count). The second-order valence-corrected chi connectivity index (χ2v) is 11.6. The Hall–Kier alpha value is -4.15. The van der Waals surface area contributed by atoms with Crippen LogP contribution in [0.5, 0.6) is 0 Å². The van der Waals surface area contributed by atoms with E-state index in [0.717, 1.165) is 31.2 Å². The van der Waals surface area contributed by atoms with Crippen molar-refractivity contribution in [2.75, 3.05) is 32.8 Å². The van der Waals surface area contributed by atoms with Crippen LogP contribution in [-0.4, -0.2) is 83.1 Å². The summed E-state index contributed by atoms with van der Waals surface area (Å²) < 4.78 is 10.8. The quantitative estimate of drug-likeness (QED) is 0.278. The summed E-state index contributed by atoms with van der Waals surface area (Å²) in [5.74, 6) is -1.53. The Morgan fingerprint density at radius 3 is 2.28 bits per heavy atom. The van der Waals surface area contributed by atoms with Crippen LogP contribution < -0.4 is 10.7 Å². The topological polar surface area (TPSA) is 138 Å². The minimum absolute atomic E-state index is 0.00209. The van der Waals surface area contributed by atoms with Gasteiger partial charge in [0, 0.05) is 50.4 Å². The van der Waals surface area contributed by atoms with Gasteiger partial charge in [0.15, 0.2) is 5.43 Å². The van der Waals surface area contributed by atoms with Gasteiger partial charge in [0.25, 0.3) is 5.91 Å². The smallest absolute Gasteiger partial charge is 0.409 e. The zero-order valence-corrected chi connectivity index (χ0v) is 25.6. The first-order valence-electron chi connectivity index (χ1n) is 15.0. The highest BCUT2D eigenvalue weighted by Crippen LogP contribution is 2.16. The van der Waals surface area contributed by atoms with Gasteiger partial charge >= 0.3 is 12.1 Å². The molecule has 1 atom stereocenters. The molecule has 234 valence electrons. The molecule has 0 saturated carbocycles. The third kappa shape index (κ3) is 10.9. The highest BCUT2D eigenvalue weighted by atomic mass is 16.6. The highest BCUT2D eigenvalue weighted by Gasteiger charge is 2.31. The molecule has 1 fully saturated rings. The van der Waals surface area contributed by atoms with Crippen molar-refractivity contribution >= 4 is 23.9 Å². The van der Waals surface area contributed by atoms with Gasteiger partial charge < -0.3 is 29.6 Å². The predicted octanol–water partition coefficient (Wildman–Crippen LogP) is 4.12. The average molecular weight is 597 g/mol. The fraction of sp³-hybridized carbons (Fsp3) is 0.531. The molecule has 11 nitrogen and oxygen atoms in total. The highest BCUT2D eigenvalue weighted by molar-refractivity contribution is 5.96. The Balaban J connectivity index is 1.68. The number of rotatable bonds is 12. The van der Waals surface area contributed by atoms with Crippen LogP contribution >= 0.6 is 0 Å². The van der Waals surface area contributed by atoms with Gasteiger partial charge in [-0.3, -0.25) is 19.2 Å². The largest absolute Gasteiger partial charge is 0.460 e. The molecular weight excluding hydrogens is 552 g/mol. The molecule has 1 saturated heterocycles. The summed E-state index contributed by atoms with van der Waals surface area (Å²) in [6, 6.07) is 10.6. The van der Waals surface area contributed by atoms with E-state index in [4.69, 9.17) is 9.47 Å². The number of nitrogens with zero attached hydrogens (tertiary/aromatic N) is 2. The van der Waals surface area contributed by atoms with Crippen molar-refractivity contribution in [1.29, 1.82) is 0 Å². The van der Waals surface area contributed by atoms with Gasteiger partial charge in [-0.25, -0.2) is 4.79 Å². The van der Waals surface area contributed by atoms with Crippen molar-refractivity contribution in [1.82, 2.24) is 20.1 Å². The number of esters is 1. The number of carbonyl (C=O) groups excluding carboxylic acids is 4. The lowest BCUT2D eigenvalue weighted by atomic mass is 10.1. The molecule has 1 aromatic carbocycles. The van der Waals surface area contributed by atoms with Crippen LogP contribution in [0.2, 0.25) is 0 Å². The molecule has 1 aliphatic heterocycles. The Kier molecular flexibility index (Phi) is 12.3. The SMILES string of the molecule is CCCCCCOC(=O)N1CCN(C(=O)[C@H](CCC(=O)OC(C)(C)C)NC(=O)c2cc(=O)cc(-c3ccccc3)[nH]2)CC1. The van der Waals surface area contributed by atoms with Crippen LogP contribution in [0, 0.1) is 0 Å². The van der Waals surface area contributed by atoms with Crippen LogP contribution in [0.3, 0.4) is 0 Å². The number of unbranched alkanes of at least 4 members (excludes halogenated alkanes) is 3. The third-order valence-corrected chi connectivity index (χ3v) is 6.91. The molecule has 0 unspecified atom stereocenters. The molecule has 1 aliphatic rings. The zero-order chi connectivity index (χ0) is 31.4. The summed E-state index contributed by atoms with van der Waals surface area (Å²) in [4.78, 5) is 70.4. The lowest BCUT2D eigenvalue weighted by molar-refractivity contribution is -0.155. The molecule has 0 spiro atoms. The molecule has 11 heteroatoms. The van der Waals surface area contributed by atoms with Gasteiger partial charge in [-0.1, -0.05) is 56.5 Å². The summed E-state index contributed by atoms with van der Waals surface area (Å²) in [6.45, 7) is 8.82. The normalized spacial score (nSPS) is 14.1.